The molecule has 2 rings (SSSR count). The number of hydrogen-bond donors (Lipinski definition) is 1. The largest absolute Gasteiger partial charge is 0.466 e. The van der Waals surface area contributed by atoms with Crippen LogP contribution in [0.25, 0.3) is 0 Å². The Balaban J connectivity index is 1.52. The summed E-state index contributed by atoms with van der Waals surface area (Å²) in [7, 11) is 0. The summed E-state index contributed by atoms with van der Waals surface area (Å²) in [6.07, 6.45) is 5.17. The van der Waals surface area contributed by atoms with Crippen molar-refractivity contribution in [1.29, 1.82) is 0 Å². The Bertz CT molecular complexity index is 508. The van der Waals surface area contributed by atoms with E-state index in [1.807, 2.05) is 19.1 Å². The third kappa shape index (κ3) is 5.90. The minimum absolute atomic E-state index is 0.0104. The van der Waals surface area contributed by atoms with Gasteiger partial charge in [-0.25, -0.2) is 0 Å². The van der Waals surface area contributed by atoms with E-state index >= 15 is 0 Å². The molecule has 1 N–H and O–H groups in total. The summed E-state index contributed by atoms with van der Waals surface area (Å²) in [5.41, 5.74) is 1.27. The van der Waals surface area contributed by atoms with Gasteiger partial charge in [0.15, 0.2) is 0 Å². The van der Waals surface area contributed by atoms with Gasteiger partial charge in [-0.2, -0.15) is 0 Å². The van der Waals surface area contributed by atoms with Crippen molar-refractivity contribution >= 4 is 23.6 Å². The van der Waals surface area contributed by atoms with Crippen LogP contribution < -0.4 is 5.32 Å². The van der Waals surface area contributed by atoms with Crippen molar-refractivity contribution in [3.8, 4) is 0 Å². The van der Waals surface area contributed by atoms with Gasteiger partial charge in [0.2, 0.25) is 5.91 Å². The second-order valence-electron chi connectivity index (χ2n) is 5.68. The quantitative estimate of drug-likeness (QED) is 0.555. The monoisotopic (exact) mass is 335 g/mol. The molecule has 5 heteroatoms. The number of thioether (sulfide) groups is 1. The molecule has 0 saturated carbocycles. The summed E-state index contributed by atoms with van der Waals surface area (Å²) in [5, 5.41) is 3.04. The van der Waals surface area contributed by atoms with Crippen LogP contribution in [-0.2, 0) is 20.7 Å². The van der Waals surface area contributed by atoms with Crippen LogP contribution in [0, 0.1) is 0 Å². The van der Waals surface area contributed by atoms with E-state index in [1.165, 1.54) is 10.5 Å². The molecular formula is C18H25NO3S. The highest BCUT2D eigenvalue weighted by Gasteiger charge is 2.27. The lowest BCUT2D eigenvalue weighted by Crippen LogP contribution is -2.33. The summed E-state index contributed by atoms with van der Waals surface area (Å²) in [6.45, 7) is 2.99. The lowest BCUT2D eigenvalue weighted by atomic mass is 10.1. The summed E-state index contributed by atoms with van der Waals surface area (Å²) < 4.78 is 4.89. The van der Waals surface area contributed by atoms with E-state index in [0.717, 1.165) is 32.1 Å². The minimum atomic E-state index is -0.112. The molecule has 4 nitrogen and oxygen atoms in total. The maximum absolute atomic E-state index is 12.2. The molecule has 1 heterocycles. The van der Waals surface area contributed by atoms with Gasteiger partial charge in [0, 0.05) is 17.9 Å². The lowest BCUT2D eigenvalue weighted by molar-refractivity contribution is -0.143. The molecule has 0 aromatic heterocycles. The first-order chi connectivity index (χ1) is 11.2. The van der Waals surface area contributed by atoms with Crippen molar-refractivity contribution in [1.82, 2.24) is 5.32 Å². The predicted molar refractivity (Wildman–Crippen MR) is 92.5 cm³/mol. The molecular weight excluding hydrogens is 310 g/mol. The van der Waals surface area contributed by atoms with Crippen molar-refractivity contribution < 1.29 is 14.3 Å². The zero-order chi connectivity index (χ0) is 16.5. The van der Waals surface area contributed by atoms with Crippen LogP contribution in [0.2, 0.25) is 0 Å². The van der Waals surface area contributed by atoms with Gasteiger partial charge in [0.1, 0.15) is 0 Å². The Morgan fingerprint density at radius 3 is 2.78 bits per heavy atom. The third-order valence-corrected chi connectivity index (χ3v) is 5.17. The first-order valence-electron chi connectivity index (χ1n) is 8.38. The highest BCUT2D eigenvalue weighted by Crippen LogP contribution is 2.36. The summed E-state index contributed by atoms with van der Waals surface area (Å²) in [6, 6.07) is 8.22. The van der Waals surface area contributed by atoms with Crippen LogP contribution in [0.3, 0.4) is 0 Å². The third-order valence-electron chi connectivity index (χ3n) is 3.85. The molecule has 0 saturated heterocycles. The molecule has 1 atom stereocenters. The number of esters is 1. The molecule has 1 aromatic carbocycles. The Morgan fingerprint density at radius 1 is 1.22 bits per heavy atom. The molecule has 0 fully saturated rings. The van der Waals surface area contributed by atoms with Crippen LogP contribution in [0.5, 0.6) is 0 Å². The highest BCUT2D eigenvalue weighted by atomic mass is 32.2. The molecule has 0 spiro atoms. The zero-order valence-electron chi connectivity index (χ0n) is 13.7. The summed E-state index contributed by atoms with van der Waals surface area (Å²) in [4.78, 5) is 24.6. The van der Waals surface area contributed by atoms with Gasteiger partial charge in [-0.1, -0.05) is 31.0 Å². The Hall–Kier alpha value is -1.49. The Kier molecular flexibility index (Phi) is 7.46. The number of benzene rings is 1. The minimum Gasteiger partial charge on any atom is -0.466 e. The first-order valence-corrected chi connectivity index (χ1v) is 9.26. The average molecular weight is 335 g/mol. The number of fused-ring (bicyclic) bond motifs is 1. The zero-order valence-corrected chi connectivity index (χ0v) is 14.5. The molecule has 23 heavy (non-hydrogen) atoms. The fourth-order valence-electron chi connectivity index (χ4n) is 2.63. The van der Waals surface area contributed by atoms with E-state index in [9.17, 15) is 9.59 Å². The van der Waals surface area contributed by atoms with E-state index < -0.39 is 0 Å². The number of unbranched alkanes of at least 4 members (excludes halogenated alkanes) is 3. The number of hydrogen-bond acceptors (Lipinski definition) is 4. The van der Waals surface area contributed by atoms with Crippen molar-refractivity contribution in [2.45, 2.75) is 55.6 Å². The number of nitrogens with one attached hydrogen (secondary N) is 1. The van der Waals surface area contributed by atoms with E-state index in [0.29, 0.717) is 19.6 Å². The van der Waals surface area contributed by atoms with Crippen molar-refractivity contribution in [3.63, 3.8) is 0 Å². The maximum atomic E-state index is 12.2. The molecule has 1 aliphatic heterocycles. The normalized spacial score (nSPS) is 16.0. The number of ether oxygens (including phenoxy) is 1. The molecule has 1 aromatic rings. The maximum Gasteiger partial charge on any atom is 0.305 e. The molecule has 1 aliphatic rings. The number of carbonyl (C=O) groups is 2. The van der Waals surface area contributed by atoms with Crippen LogP contribution in [0.15, 0.2) is 29.2 Å². The van der Waals surface area contributed by atoms with Crippen LogP contribution in [0.1, 0.15) is 44.6 Å². The SMILES string of the molecule is CCOC(=O)CCCCCCNC(=O)C1Cc2ccccc2S1. The van der Waals surface area contributed by atoms with Gasteiger partial charge in [0.25, 0.3) is 0 Å². The lowest BCUT2D eigenvalue weighted by Gasteiger charge is -2.09. The topological polar surface area (TPSA) is 55.4 Å². The predicted octanol–water partition coefficient (Wildman–Crippen LogP) is 3.33. The second kappa shape index (κ2) is 9.60. The number of carbonyl (C=O) groups excluding carboxylic acids is 2. The van der Waals surface area contributed by atoms with Gasteiger partial charge >= 0.3 is 5.97 Å². The van der Waals surface area contributed by atoms with Crippen molar-refractivity contribution in [3.05, 3.63) is 29.8 Å². The summed E-state index contributed by atoms with van der Waals surface area (Å²) >= 11 is 1.66. The fourth-order valence-corrected chi connectivity index (χ4v) is 3.85. The Labute approximate surface area is 142 Å². The van der Waals surface area contributed by atoms with Crippen LogP contribution in [-0.4, -0.2) is 30.3 Å². The van der Waals surface area contributed by atoms with Gasteiger partial charge in [0.05, 0.1) is 11.9 Å². The molecule has 0 aliphatic carbocycles. The number of rotatable bonds is 9. The molecule has 1 unspecified atom stereocenters. The molecule has 0 radical (unpaired) electrons. The molecule has 1 amide bonds. The van der Waals surface area contributed by atoms with Gasteiger partial charge in [-0.15, -0.1) is 11.8 Å². The van der Waals surface area contributed by atoms with E-state index in [2.05, 4.69) is 17.4 Å². The van der Waals surface area contributed by atoms with Gasteiger partial charge in [-0.05, 0) is 37.8 Å². The summed E-state index contributed by atoms with van der Waals surface area (Å²) in [5.74, 6) is 0.0244. The van der Waals surface area contributed by atoms with E-state index in [-0.39, 0.29) is 17.1 Å². The van der Waals surface area contributed by atoms with Crippen LogP contribution in [0.4, 0.5) is 0 Å². The standard InChI is InChI=1S/C18H25NO3S/c1-2-22-17(20)11-5-3-4-8-12-19-18(21)16-13-14-9-6-7-10-15(14)23-16/h6-7,9-10,16H,2-5,8,11-13H2,1H3,(H,19,21). The molecule has 126 valence electrons. The average Bonchev–Trinajstić information content (AvgIpc) is 2.98. The smallest absolute Gasteiger partial charge is 0.305 e. The van der Waals surface area contributed by atoms with Gasteiger partial charge in [-0.3, -0.25) is 9.59 Å². The van der Waals surface area contributed by atoms with E-state index in [1.54, 1.807) is 11.8 Å². The number of amides is 1. The van der Waals surface area contributed by atoms with Crippen LogP contribution >= 0.6 is 11.8 Å². The first kappa shape index (κ1) is 17.9. The molecule has 0 bridgehead atoms. The van der Waals surface area contributed by atoms with Gasteiger partial charge < -0.3 is 10.1 Å². The van der Waals surface area contributed by atoms with Crippen molar-refractivity contribution in [2.24, 2.45) is 0 Å². The fraction of sp³-hybridized carbons (Fsp3) is 0.556. The second-order valence-corrected chi connectivity index (χ2v) is 6.92. The Morgan fingerprint density at radius 2 is 2.00 bits per heavy atom. The van der Waals surface area contributed by atoms with Crippen molar-refractivity contribution in [2.75, 3.05) is 13.2 Å². The highest BCUT2D eigenvalue weighted by molar-refractivity contribution is 8.01. The van der Waals surface area contributed by atoms with E-state index in [4.69, 9.17) is 4.74 Å².